The van der Waals surface area contributed by atoms with E-state index in [-0.39, 0.29) is 11.8 Å². The van der Waals surface area contributed by atoms with Gasteiger partial charge in [0.05, 0.1) is 11.2 Å². The molecule has 2 aliphatic rings. The van der Waals surface area contributed by atoms with E-state index in [1.165, 1.54) is 0 Å². The lowest BCUT2D eigenvalue weighted by Gasteiger charge is -2.53. The van der Waals surface area contributed by atoms with Gasteiger partial charge in [-0.1, -0.05) is 6.07 Å². The van der Waals surface area contributed by atoms with E-state index in [9.17, 15) is 9.59 Å². The Morgan fingerprint density at radius 3 is 2.61 bits per heavy atom. The van der Waals surface area contributed by atoms with Gasteiger partial charge >= 0.3 is 0 Å². The van der Waals surface area contributed by atoms with Crippen molar-refractivity contribution in [2.75, 3.05) is 5.73 Å². The Morgan fingerprint density at radius 2 is 1.96 bits per heavy atom. The molecule has 3 N–H and O–H groups in total. The Morgan fingerprint density at radius 1 is 1.26 bits per heavy atom. The molecule has 2 aliphatic heterocycles. The number of carbonyl (C=O) groups excluding carboxylic acids is 2. The molecule has 1 unspecified atom stereocenters. The Kier molecular flexibility index (Phi) is 3.25. The van der Waals surface area contributed by atoms with Crippen LogP contribution in [0.4, 0.5) is 11.4 Å². The lowest BCUT2D eigenvalue weighted by atomic mass is 9.79. The molecule has 6 nitrogen and oxygen atoms in total. The van der Waals surface area contributed by atoms with E-state index in [0.29, 0.717) is 18.5 Å². The topological polar surface area (TPSA) is 87.8 Å². The van der Waals surface area contributed by atoms with Gasteiger partial charge in [-0.3, -0.25) is 14.9 Å². The minimum Gasteiger partial charge on any atom is -0.398 e. The van der Waals surface area contributed by atoms with Crippen LogP contribution >= 0.6 is 0 Å². The van der Waals surface area contributed by atoms with Crippen LogP contribution in [-0.2, 0) is 15.1 Å². The van der Waals surface area contributed by atoms with Gasteiger partial charge in [0.2, 0.25) is 5.91 Å². The number of hydrogen-bond acceptors (Lipinski definition) is 5. The van der Waals surface area contributed by atoms with Crippen molar-refractivity contribution in [2.24, 2.45) is 4.99 Å². The molecule has 0 spiro atoms. The monoisotopic (exact) mass is 314 g/mol. The summed E-state index contributed by atoms with van der Waals surface area (Å²) in [5, 5.41) is 2.46. The Bertz CT molecular complexity index is 738. The first kappa shape index (κ1) is 15.5. The first-order chi connectivity index (χ1) is 10.7. The van der Waals surface area contributed by atoms with E-state index in [1.54, 1.807) is 0 Å². The summed E-state index contributed by atoms with van der Waals surface area (Å²) in [6.07, 6.45) is 0.773. The lowest BCUT2D eigenvalue weighted by molar-refractivity contribution is -0.143. The van der Waals surface area contributed by atoms with Crippen LogP contribution in [0.25, 0.3) is 0 Å². The number of anilines is 1. The number of rotatable bonds is 1. The van der Waals surface area contributed by atoms with Crippen LogP contribution < -0.4 is 11.1 Å². The third-order valence-corrected chi connectivity index (χ3v) is 4.93. The third kappa shape index (κ3) is 2.12. The number of carbonyl (C=O) groups is 2. The average Bonchev–Trinajstić information content (AvgIpc) is 2.42. The maximum atomic E-state index is 12.6. The number of nitrogens with one attached hydrogen (secondary N) is 1. The van der Waals surface area contributed by atoms with E-state index in [0.717, 1.165) is 17.1 Å². The SMILES string of the molecule is CC1=Nc2cccc(N)c2C(C)(C)N1C1(C)CCC(=O)NC1=O. The fourth-order valence-corrected chi connectivity index (χ4v) is 4.04. The van der Waals surface area contributed by atoms with Crippen molar-refractivity contribution in [1.82, 2.24) is 10.2 Å². The Balaban J connectivity index is 2.16. The predicted molar refractivity (Wildman–Crippen MR) is 89.3 cm³/mol. The number of imide groups is 1. The van der Waals surface area contributed by atoms with Crippen molar-refractivity contribution in [3.8, 4) is 0 Å². The minimum absolute atomic E-state index is 0.225. The summed E-state index contributed by atoms with van der Waals surface area (Å²) in [6, 6.07) is 5.66. The molecule has 2 heterocycles. The van der Waals surface area contributed by atoms with Gasteiger partial charge in [-0.25, -0.2) is 4.99 Å². The van der Waals surface area contributed by atoms with Crippen LogP contribution in [0.15, 0.2) is 23.2 Å². The summed E-state index contributed by atoms with van der Waals surface area (Å²) in [5.41, 5.74) is 7.25. The molecule has 2 amide bonds. The van der Waals surface area contributed by atoms with Crippen LogP contribution in [0, 0.1) is 0 Å². The van der Waals surface area contributed by atoms with Gasteiger partial charge in [0.25, 0.3) is 5.91 Å². The summed E-state index contributed by atoms with van der Waals surface area (Å²) >= 11 is 0. The van der Waals surface area contributed by atoms with E-state index in [2.05, 4.69) is 10.3 Å². The van der Waals surface area contributed by atoms with Crippen LogP contribution in [0.3, 0.4) is 0 Å². The molecule has 0 saturated carbocycles. The molecule has 3 rings (SSSR count). The molecule has 6 heteroatoms. The molecule has 1 atom stereocenters. The molecule has 122 valence electrons. The number of hydrogen-bond donors (Lipinski definition) is 2. The normalized spacial score (nSPS) is 26.4. The second kappa shape index (κ2) is 4.81. The van der Waals surface area contributed by atoms with Gasteiger partial charge in [0.15, 0.2) is 0 Å². The van der Waals surface area contributed by atoms with Crippen molar-refractivity contribution in [3.63, 3.8) is 0 Å². The molecule has 23 heavy (non-hydrogen) atoms. The maximum Gasteiger partial charge on any atom is 0.252 e. The van der Waals surface area contributed by atoms with Crippen molar-refractivity contribution in [3.05, 3.63) is 23.8 Å². The maximum absolute atomic E-state index is 12.6. The van der Waals surface area contributed by atoms with Crippen LogP contribution in [0.1, 0.15) is 46.1 Å². The highest BCUT2D eigenvalue weighted by Gasteiger charge is 2.51. The number of nitrogens with two attached hydrogens (primary N) is 1. The fraction of sp³-hybridized carbons (Fsp3) is 0.471. The van der Waals surface area contributed by atoms with Gasteiger partial charge in [-0.2, -0.15) is 0 Å². The van der Waals surface area contributed by atoms with E-state index >= 15 is 0 Å². The summed E-state index contributed by atoms with van der Waals surface area (Å²) in [7, 11) is 0. The summed E-state index contributed by atoms with van der Waals surface area (Å²) < 4.78 is 0. The first-order valence-corrected chi connectivity index (χ1v) is 7.77. The first-order valence-electron chi connectivity index (χ1n) is 7.77. The molecule has 1 saturated heterocycles. The molecule has 1 aromatic carbocycles. The highest BCUT2D eigenvalue weighted by Crippen LogP contribution is 2.46. The van der Waals surface area contributed by atoms with E-state index < -0.39 is 11.1 Å². The average molecular weight is 314 g/mol. The van der Waals surface area contributed by atoms with E-state index in [4.69, 9.17) is 5.73 Å². The molecular formula is C17H22N4O2. The molecule has 1 aromatic rings. The molecule has 0 aromatic heterocycles. The minimum atomic E-state index is -0.842. The number of nitrogens with zero attached hydrogens (tertiary/aromatic N) is 2. The second-order valence-electron chi connectivity index (χ2n) is 6.95. The van der Waals surface area contributed by atoms with Crippen LogP contribution in [0.5, 0.6) is 0 Å². The van der Waals surface area contributed by atoms with Crippen molar-refractivity contribution < 1.29 is 9.59 Å². The number of amidine groups is 1. The highest BCUT2D eigenvalue weighted by atomic mass is 16.2. The smallest absolute Gasteiger partial charge is 0.252 e. The number of nitrogen functional groups attached to an aromatic ring is 1. The standard InChI is InChI=1S/C17H22N4O2/c1-10-19-12-7-5-6-11(18)14(12)16(2,3)21(10)17(4)9-8-13(22)20-15(17)23/h5-7H,8-9,18H2,1-4H3,(H,20,22,23). The zero-order valence-corrected chi connectivity index (χ0v) is 13.9. The van der Waals surface area contributed by atoms with Crippen molar-refractivity contribution in [1.29, 1.82) is 0 Å². The molecule has 0 aliphatic carbocycles. The summed E-state index contributed by atoms with van der Waals surface area (Å²) in [4.78, 5) is 30.8. The van der Waals surface area contributed by atoms with Gasteiger partial charge < -0.3 is 10.6 Å². The number of amides is 2. The number of fused-ring (bicyclic) bond motifs is 1. The number of aliphatic imine (C=N–C) groups is 1. The van der Waals surface area contributed by atoms with Gasteiger partial charge in [-0.05, 0) is 46.2 Å². The van der Waals surface area contributed by atoms with Crippen molar-refractivity contribution >= 4 is 29.0 Å². The highest BCUT2D eigenvalue weighted by molar-refractivity contribution is 6.05. The predicted octanol–water partition coefficient (Wildman–Crippen LogP) is 2.06. The molecule has 1 fully saturated rings. The number of piperidine rings is 1. The molecule has 0 bridgehead atoms. The quantitative estimate of drug-likeness (QED) is 0.613. The second-order valence-corrected chi connectivity index (χ2v) is 6.95. The summed E-state index contributed by atoms with van der Waals surface area (Å²) in [5.74, 6) is 0.242. The summed E-state index contributed by atoms with van der Waals surface area (Å²) in [6.45, 7) is 7.83. The zero-order chi connectivity index (χ0) is 17.0. The van der Waals surface area contributed by atoms with Crippen molar-refractivity contribution in [2.45, 2.75) is 51.6 Å². The van der Waals surface area contributed by atoms with Gasteiger partial charge in [0.1, 0.15) is 11.4 Å². The van der Waals surface area contributed by atoms with Gasteiger partial charge in [0, 0.05) is 17.7 Å². The lowest BCUT2D eigenvalue weighted by Crippen LogP contribution is -2.67. The van der Waals surface area contributed by atoms with Crippen LogP contribution in [-0.4, -0.2) is 28.1 Å². The van der Waals surface area contributed by atoms with E-state index in [1.807, 2.05) is 50.8 Å². The largest absolute Gasteiger partial charge is 0.398 e. The van der Waals surface area contributed by atoms with Gasteiger partial charge in [-0.15, -0.1) is 0 Å². The van der Waals surface area contributed by atoms with Crippen LogP contribution in [0.2, 0.25) is 0 Å². The molecule has 0 radical (unpaired) electrons. The third-order valence-electron chi connectivity index (χ3n) is 4.93. The molecular weight excluding hydrogens is 292 g/mol. The fourth-order valence-electron chi connectivity index (χ4n) is 4.04. The zero-order valence-electron chi connectivity index (χ0n) is 13.9. The number of benzene rings is 1. The Labute approximate surface area is 135 Å². The Hall–Kier alpha value is -2.37.